The fourth-order valence-electron chi connectivity index (χ4n) is 9.54. The first-order valence-electron chi connectivity index (χ1n) is 20.4. The van der Waals surface area contributed by atoms with Crippen molar-refractivity contribution in [1.29, 1.82) is 0 Å². The van der Waals surface area contributed by atoms with E-state index in [0.29, 0.717) is 53.2 Å². The highest BCUT2D eigenvalue weighted by Gasteiger charge is 2.72. The lowest BCUT2D eigenvalue weighted by Gasteiger charge is -2.69. The van der Waals surface area contributed by atoms with Gasteiger partial charge < -0.3 is 34.3 Å². The maximum absolute atomic E-state index is 13.8. The first-order chi connectivity index (χ1) is 29.0. The van der Waals surface area contributed by atoms with Gasteiger partial charge in [-0.3, -0.25) is 24.3 Å². The van der Waals surface area contributed by atoms with E-state index in [1.807, 2.05) is 17.7 Å². The SMILES string of the molecule is COC(=O)C12CC(CN3CCc4c(nc(C(=O)Nc5cccc(-c6nccc(-c7ccc(CN(C[C@@H]8CCC(=O)N8)C(=O)OC(C)(C)C)c(OC)n7)c6Cl)c5Cl)n4C)C3)(C1)C2. The molecule has 0 unspecified atom stereocenters. The van der Waals surface area contributed by atoms with Crippen LogP contribution in [0.4, 0.5) is 10.5 Å². The average Bonchev–Trinajstić information content (AvgIpc) is 3.76. The maximum Gasteiger partial charge on any atom is 0.410 e. The van der Waals surface area contributed by atoms with Gasteiger partial charge in [-0.15, -0.1) is 0 Å². The molecular weight excluding hydrogens is 823 g/mol. The normalized spacial score (nSPS) is 21.7. The van der Waals surface area contributed by atoms with Gasteiger partial charge in [-0.05, 0) is 76.1 Å². The number of nitrogens with zero attached hydrogens (tertiary/aromatic N) is 6. The summed E-state index contributed by atoms with van der Waals surface area (Å²) in [6, 6.07) is 10.4. The highest BCUT2D eigenvalue weighted by atomic mass is 35.5. The Morgan fingerprint density at radius 1 is 1.02 bits per heavy atom. The number of esters is 1. The number of amides is 3. The number of methoxy groups -OCH3 is 2. The van der Waals surface area contributed by atoms with E-state index in [1.54, 1.807) is 62.2 Å². The van der Waals surface area contributed by atoms with E-state index in [9.17, 15) is 19.2 Å². The Balaban J connectivity index is 0.975. The summed E-state index contributed by atoms with van der Waals surface area (Å²) < 4.78 is 18.3. The zero-order valence-electron chi connectivity index (χ0n) is 35.2. The molecular formula is C44H50Cl2N8O7. The summed E-state index contributed by atoms with van der Waals surface area (Å²) in [6.45, 7) is 8.17. The summed E-state index contributed by atoms with van der Waals surface area (Å²) in [6.07, 6.45) is 5.49. The number of imidazole rings is 1. The van der Waals surface area contributed by atoms with Gasteiger partial charge >= 0.3 is 12.1 Å². The van der Waals surface area contributed by atoms with Gasteiger partial charge in [-0.25, -0.2) is 14.8 Å². The van der Waals surface area contributed by atoms with Crippen molar-refractivity contribution in [2.45, 2.75) is 84.0 Å². The molecule has 61 heavy (non-hydrogen) atoms. The van der Waals surface area contributed by atoms with Crippen LogP contribution in [0.15, 0.2) is 42.6 Å². The van der Waals surface area contributed by atoms with Gasteiger partial charge in [0.1, 0.15) is 5.60 Å². The molecule has 9 rings (SSSR count). The molecule has 0 spiro atoms. The Hall–Kier alpha value is -5.25. The number of hydrogen-bond donors (Lipinski definition) is 2. The maximum atomic E-state index is 13.8. The number of pyridine rings is 2. The lowest BCUT2D eigenvalue weighted by molar-refractivity contribution is -0.231. The predicted molar refractivity (Wildman–Crippen MR) is 228 cm³/mol. The van der Waals surface area contributed by atoms with Gasteiger partial charge in [0.25, 0.3) is 5.91 Å². The van der Waals surface area contributed by atoms with Crippen LogP contribution in [-0.4, -0.2) is 98.7 Å². The van der Waals surface area contributed by atoms with Crippen molar-refractivity contribution in [1.82, 2.24) is 34.6 Å². The van der Waals surface area contributed by atoms with Gasteiger partial charge in [0.2, 0.25) is 11.8 Å². The number of ether oxygens (including phenoxy) is 3. The number of anilines is 1. The molecule has 2 N–H and O–H groups in total. The molecule has 15 nitrogen and oxygen atoms in total. The Bertz CT molecular complexity index is 2410. The van der Waals surface area contributed by atoms with Gasteiger partial charge in [0.05, 0.1) is 59.0 Å². The lowest BCUT2D eigenvalue weighted by atomic mass is 9.35. The molecule has 0 radical (unpaired) electrons. The Kier molecular flexibility index (Phi) is 11.3. The standard InChI is InChI=1S/C44H50Cl2N8O7/c1-42(2,3)61-41(58)54(19-26-11-13-33(55)48-26)18-25-10-12-29(51-39(25)59-5)27-14-16-47-36(35(27)46)28-8-7-9-30(34(28)45)50-38(56)37-49-31-20-53(17-15-32(31)52(37)4)24-43-21-44(22-43,23-43)40(57)60-6/h7-10,12,14,16,26H,11,13,15,17-24H2,1-6H3,(H,48,55)(H,50,56)/t26-,43?,44?/m0/s1. The number of carbonyl (C=O) groups excluding carboxylic acids is 4. The van der Waals surface area contributed by atoms with E-state index in [-0.39, 0.29) is 63.6 Å². The van der Waals surface area contributed by atoms with E-state index >= 15 is 0 Å². The third kappa shape index (κ3) is 8.27. The van der Waals surface area contributed by atoms with Crippen LogP contribution in [0.25, 0.3) is 22.5 Å². The summed E-state index contributed by atoms with van der Waals surface area (Å²) >= 11 is 14.1. The smallest absolute Gasteiger partial charge is 0.410 e. The van der Waals surface area contributed by atoms with E-state index in [2.05, 4.69) is 20.5 Å². The molecule has 3 aliphatic carbocycles. The van der Waals surface area contributed by atoms with Crippen molar-refractivity contribution in [2.75, 3.05) is 39.2 Å². The number of fused-ring (bicyclic) bond motifs is 1. The van der Waals surface area contributed by atoms with Crippen LogP contribution in [0.5, 0.6) is 5.88 Å². The minimum absolute atomic E-state index is 0.0478. The molecule has 5 heterocycles. The monoisotopic (exact) mass is 872 g/mol. The summed E-state index contributed by atoms with van der Waals surface area (Å²) in [7, 11) is 4.81. The van der Waals surface area contributed by atoms with Crippen molar-refractivity contribution >= 4 is 52.8 Å². The average molecular weight is 874 g/mol. The minimum Gasteiger partial charge on any atom is -0.481 e. The van der Waals surface area contributed by atoms with Gasteiger partial charge in [0.15, 0.2) is 5.82 Å². The van der Waals surface area contributed by atoms with E-state index < -0.39 is 17.6 Å². The first-order valence-corrected chi connectivity index (χ1v) is 21.2. The van der Waals surface area contributed by atoms with E-state index in [0.717, 1.165) is 50.2 Å². The molecule has 1 aromatic carbocycles. The molecule has 17 heteroatoms. The second kappa shape index (κ2) is 16.2. The number of carbonyl (C=O) groups is 4. The van der Waals surface area contributed by atoms with Crippen molar-refractivity contribution in [2.24, 2.45) is 17.9 Å². The third-order valence-corrected chi connectivity index (χ3v) is 13.0. The number of halogens is 2. The number of hydrogen-bond acceptors (Lipinski definition) is 11. The van der Waals surface area contributed by atoms with Crippen LogP contribution in [0.1, 0.15) is 80.4 Å². The first kappa shape index (κ1) is 42.4. The van der Waals surface area contributed by atoms with Gasteiger partial charge in [0, 0.05) is 80.7 Å². The molecule has 2 bridgehead atoms. The van der Waals surface area contributed by atoms with Crippen LogP contribution < -0.4 is 15.4 Å². The molecule has 5 aliphatic rings. The number of nitrogens with one attached hydrogen (secondary N) is 2. The van der Waals surface area contributed by atoms with Crippen molar-refractivity contribution in [3.63, 3.8) is 0 Å². The fraction of sp³-hybridized carbons (Fsp3) is 0.477. The molecule has 3 saturated carbocycles. The van der Waals surface area contributed by atoms with E-state index in [1.165, 1.54) is 14.2 Å². The summed E-state index contributed by atoms with van der Waals surface area (Å²) in [5.74, 6) is 0.0269. The fourth-order valence-corrected chi connectivity index (χ4v) is 10.1. The summed E-state index contributed by atoms with van der Waals surface area (Å²) in [5.41, 5.74) is 4.00. The van der Waals surface area contributed by atoms with Crippen LogP contribution in [0.3, 0.4) is 0 Å². The second-order valence-corrected chi connectivity index (χ2v) is 18.6. The Morgan fingerprint density at radius 3 is 2.48 bits per heavy atom. The van der Waals surface area contributed by atoms with E-state index in [4.69, 9.17) is 47.4 Å². The Morgan fingerprint density at radius 2 is 1.79 bits per heavy atom. The molecule has 4 aromatic rings. The number of benzene rings is 1. The molecule has 322 valence electrons. The van der Waals surface area contributed by atoms with Crippen molar-refractivity contribution in [3.05, 3.63) is 75.4 Å². The van der Waals surface area contributed by atoms with Crippen LogP contribution in [0, 0.1) is 10.8 Å². The highest BCUT2D eigenvalue weighted by molar-refractivity contribution is 6.39. The van der Waals surface area contributed by atoms with Crippen molar-refractivity contribution < 1.29 is 33.4 Å². The number of rotatable bonds is 12. The molecule has 1 saturated heterocycles. The number of aromatic nitrogens is 4. The zero-order valence-corrected chi connectivity index (χ0v) is 36.7. The Labute approximate surface area is 364 Å². The predicted octanol–water partition coefficient (Wildman–Crippen LogP) is 6.83. The quantitative estimate of drug-likeness (QED) is 0.143. The summed E-state index contributed by atoms with van der Waals surface area (Å²) in [5, 5.41) is 6.41. The van der Waals surface area contributed by atoms with Gasteiger partial charge in [-0.2, -0.15) is 0 Å². The lowest BCUT2D eigenvalue weighted by Crippen LogP contribution is -2.69. The van der Waals surface area contributed by atoms with Gasteiger partial charge in [-0.1, -0.05) is 35.3 Å². The largest absolute Gasteiger partial charge is 0.481 e. The second-order valence-electron chi connectivity index (χ2n) is 17.8. The van der Waals surface area contributed by atoms with Crippen LogP contribution in [0.2, 0.25) is 10.0 Å². The molecule has 3 amide bonds. The molecule has 1 atom stereocenters. The molecule has 4 fully saturated rings. The third-order valence-electron chi connectivity index (χ3n) is 12.2. The highest BCUT2D eigenvalue weighted by Crippen LogP contribution is 2.73. The topological polar surface area (TPSA) is 170 Å². The van der Waals surface area contributed by atoms with Crippen molar-refractivity contribution in [3.8, 4) is 28.4 Å². The zero-order chi connectivity index (χ0) is 43.4. The summed E-state index contributed by atoms with van der Waals surface area (Å²) in [4.78, 5) is 69.3. The van der Waals surface area contributed by atoms with Crippen LogP contribution in [-0.2, 0) is 45.6 Å². The van der Waals surface area contributed by atoms with Crippen LogP contribution >= 0.6 is 23.2 Å². The minimum atomic E-state index is -0.720. The molecule has 3 aromatic heterocycles. The molecule has 2 aliphatic heterocycles.